The lowest BCUT2D eigenvalue weighted by molar-refractivity contribution is 0.581. The van der Waals surface area contributed by atoms with E-state index in [-0.39, 0.29) is 11.4 Å². The summed E-state index contributed by atoms with van der Waals surface area (Å²) in [4.78, 5) is 4.10. The molecule has 0 radical (unpaired) electrons. The molecule has 0 atom stereocenters. The number of aromatic nitrogens is 6. The Hall–Kier alpha value is -2.76. The van der Waals surface area contributed by atoms with Gasteiger partial charge in [-0.05, 0) is 24.3 Å². The van der Waals surface area contributed by atoms with Crippen LogP contribution in [0.3, 0.4) is 0 Å². The number of fused-ring (bicyclic) bond motifs is 1. The smallest absolute Gasteiger partial charge is 0.243 e. The standard InChI is InChI=1S/C14H11N7O2S2/c22-25(23,13-5-1-4-12-14(13)19-24-18-12)16-7-10-9-21(20-17-10)11-3-2-6-15-8-11/h1-6,8-9,16H,7H2. The van der Waals surface area contributed by atoms with Gasteiger partial charge >= 0.3 is 0 Å². The number of rotatable bonds is 5. The molecule has 9 nitrogen and oxygen atoms in total. The van der Waals surface area contributed by atoms with Crippen LogP contribution >= 0.6 is 11.7 Å². The molecular formula is C14H11N7O2S2. The fourth-order valence-corrected chi connectivity index (χ4v) is 4.00. The molecule has 0 unspecified atom stereocenters. The van der Waals surface area contributed by atoms with Gasteiger partial charge in [-0.15, -0.1) is 5.10 Å². The van der Waals surface area contributed by atoms with E-state index < -0.39 is 10.0 Å². The maximum absolute atomic E-state index is 12.6. The van der Waals surface area contributed by atoms with Gasteiger partial charge in [0.25, 0.3) is 0 Å². The van der Waals surface area contributed by atoms with Gasteiger partial charge in [0, 0.05) is 6.20 Å². The average molecular weight is 373 g/mol. The second kappa shape index (κ2) is 6.27. The Labute approximate surface area is 146 Å². The number of pyridine rings is 1. The minimum atomic E-state index is -3.75. The average Bonchev–Trinajstić information content (AvgIpc) is 3.29. The van der Waals surface area contributed by atoms with Crippen LogP contribution < -0.4 is 4.72 Å². The third kappa shape index (κ3) is 3.12. The van der Waals surface area contributed by atoms with Crippen LogP contribution in [-0.4, -0.2) is 37.1 Å². The van der Waals surface area contributed by atoms with Crippen molar-refractivity contribution in [3.05, 3.63) is 54.6 Å². The number of hydrogen-bond donors (Lipinski definition) is 1. The summed E-state index contributed by atoms with van der Waals surface area (Å²) in [6.07, 6.45) is 4.94. The van der Waals surface area contributed by atoms with E-state index in [1.54, 1.807) is 36.8 Å². The van der Waals surface area contributed by atoms with Crippen LogP contribution in [0.15, 0.2) is 53.8 Å². The SMILES string of the molecule is O=S(=O)(NCc1cn(-c2cccnc2)nn1)c1cccc2nsnc12. The molecule has 4 rings (SSSR count). The highest BCUT2D eigenvalue weighted by atomic mass is 32.2. The highest BCUT2D eigenvalue weighted by molar-refractivity contribution is 7.89. The molecule has 25 heavy (non-hydrogen) atoms. The molecule has 4 aromatic rings. The molecule has 0 spiro atoms. The van der Waals surface area contributed by atoms with Crippen LogP contribution in [0.25, 0.3) is 16.7 Å². The summed E-state index contributed by atoms with van der Waals surface area (Å²) >= 11 is 0.975. The molecule has 126 valence electrons. The van der Waals surface area contributed by atoms with E-state index in [2.05, 4.69) is 28.8 Å². The number of hydrogen-bond acceptors (Lipinski definition) is 8. The Bertz CT molecular complexity index is 1120. The first-order valence-corrected chi connectivity index (χ1v) is 9.37. The predicted molar refractivity (Wildman–Crippen MR) is 90.6 cm³/mol. The molecule has 0 fully saturated rings. The fraction of sp³-hybridized carbons (Fsp3) is 0.0714. The first-order valence-electron chi connectivity index (χ1n) is 7.16. The van der Waals surface area contributed by atoms with Crippen LogP contribution in [0.1, 0.15) is 5.69 Å². The van der Waals surface area contributed by atoms with Crippen molar-refractivity contribution in [3.63, 3.8) is 0 Å². The normalized spacial score (nSPS) is 11.8. The maximum Gasteiger partial charge on any atom is 0.243 e. The second-order valence-electron chi connectivity index (χ2n) is 5.08. The predicted octanol–water partition coefficient (Wildman–Crippen LogP) is 1.15. The van der Waals surface area contributed by atoms with E-state index in [9.17, 15) is 8.42 Å². The molecule has 0 aliphatic carbocycles. The van der Waals surface area contributed by atoms with Gasteiger partial charge in [-0.3, -0.25) is 4.98 Å². The van der Waals surface area contributed by atoms with Gasteiger partial charge in [0.05, 0.1) is 42.0 Å². The van der Waals surface area contributed by atoms with Gasteiger partial charge < -0.3 is 0 Å². The van der Waals surface area contributed by atoms with Gasteiger partial charge in [0.2, 0.25) is 10.0 Å². The second-order valence-corrected chi connectivity index (χ2v) is 7.34. The number of benzene rings is 1. The molecule has 0 saturated carbocycles. The first kappa shape index (κ1) is 15.7. The minimum absolute atomic E-state index is 0.0105. The van der Waals surface area contributed by atoms with E-state index >= 15 is 0 Å². The molecule has 0 bridgehead atoms. The summed E-state index contributed by atoms with van der Waals surface area (Å²) < 4.78 is 37.3. The Morgan fingerprint density at radius 3 is 2.92 bits per heavy atom. The zero-order valence-electron chi connectivity index (χ0n) is 12.6. The van der Waals surface area contributed by atoms with Gasteiger partial charge in [-0.2, -0.15) is 8.75 Å². The third-order valence-electron chi connectivity index (χ3n) is 3.43. The molecular weight excluding hydrogens is 362 g/mol. The van der Waals surface area contributed by atoms with Crippen molar-refractivity contribution >= 4 is 32.8 Å². The fourth-order valence-electron chi connectivity index (χ4n) is 2.24. The van der Waals surface area contributed by atoms with Crippen molar-refractivity contribution in [1.82, 2.24) is 33.4 Å². The van der Waals surface area contributed by atoms with Crippen molar-refractivity contribution in [2.45, 2.75) is 11.4 Å². The molecule has 1 N–H and O–H groups in total. The number of nitrogens with zero attached hydrogens (tertiary/aromatic N) is 6. The van der Waals surface area contributed by atoms with E-state index in [0.717, 1.165) is 17.4 Å². The summed E-state index contributed by atoms with van der Waals surface area (Å²) in [6, 6.07) is 8.46. The Morgan fingerprint density at radius 1 is 1.16 bits per heavy atom. The van der Waals surface area contributed by atoms with Crippen LogP contribution in [-0.2, 0) is 16.6 Å². The number of nitrogens with one attached hydrogen (secondary N) is 1. The topological polar surface area (TPSA) is 116 Å². The summed E-state index contributed by atoms with van der Waals surface area (Å²) in [5, 5.41) is 7.95. The van der Waals surface area contributed by atoms with Crippen molar-refractivity contribution in [2.24, 2.45) is 0 Å². The van der Waals surface area contributed by atoms with Crippen LogP contribution in [0.2, 0.25) is 0 Å². The largest absolute Gasteiger partial charge is 0.262 e. The summed E-state index contributed by atoms with van der Waals surface area (Å²) in [5.74, 6) is 0. The van der Waals surface area contributed by atoms with Crippen LogP contribution in [0.4, 0.5) is 0 Å². The van der Waals surface area contributed by atoms with Crippen molar-refractivity contribution in [3.8, 4) is 5.69 Å². The molecule has 3 heterocycles. The van der Waals surface area contributed by atoms with Crippen molar-refractivity contribution in [1.29, 1.82) is 0 Å². The molecule has 3 aromatic heterocycles. The highest BCUT2D eigenvalue weighted by Crippen LogP contribution is 2.21. The van der Waals surface area contributed by atoms with E-state index in [1.807, 2.05) is 6.07 Å². The van der Waals surface area contributed by atoms with Gasteiger partial charge in [-0.1, -0.05) is 11.3 Å². The molecule has 0 aliphatic rings. The lowest BCUT2D eigenvalue weighted by Gasteiger charge is -2.05. The van der Waals surface area contributed by atoms with Crippen LogP contribution in [0, 0.1) is 0 Å². The Balaban J connectivity index is 1.55. The summed E-state index contributed by atoms with van der Waals surface area (Å²) in [5.41, 5.74) is 2.13. The van der Waals surface area contributed by atoms with Gasteiger partial charge in [0.1, 0.15) is 15.9 Å². The zero-order valence-corrected chi connectivity index (χ0v) is 14.3. The Morgan fingerprint density at radius 2 is 2.08 bits per heavy atom. The van der Waals surface area contributed by atoms with Crippen molar-refractivity contribution < 1.29 is 8.42 Å². The third-order valence-corrected chi connectivity index (χ3v) is 5.41. The molecule has 0 saturated heterocycles. The molecule has 0 aliphatic heterocycles. The zero-order chi connectivity index (χ0) is 17.3. The maximum atomic E-state index is 12.6. The lowest BCUT2D eigenvalue weighted by Crippen LogP contribution is -2.23. The van der Waals surface area contributed by atoms with Crippen LogP contribution in [0.5, 0.6) is 0 Å². The summed E-state index contributed by atoms with van der Waals surface area (Å²) in [7, 11) is -3.75. The lowest BCUT2D eigenvalue weighted by atomic mass is 10.3. The van der Waals surface area contributed by atoms with E-state index in [1.165, 1.54) is 10.7 Å². The molecule has 1 aromatic carbocycles. The Kier molecular flexibility index (Phi) is 3.95. The molecule has 0 amide bonds. The van der Waals surface area contributed by atoms with E-state index in [0.29, 0.717) is 16.7 Å². The first-order chi connectivity index (χ1) is 12.1. The monoisotopic (exact) mass is 373 g/mol. The van der Waals surface area contributed by atoms with E-state index in [4.69, 9.17) is 0 Å². The summed E-state index contributed by atoms with van der Waals surface area (Å²) in [6.45, 7) is 0.0105. The van der Waals surface area contributed by atoms with Gasteiger partial charge in [0.15, 0.2) is 0 Å². The van der Waals surface area contributed by atoms with Crippen molar-refractivity contribution in [2.75, 3.05) is 0 Å². The van der Waals surface area contributed by atoms with Gasteiger partial charge in [-0.25, -0.2) is 17.8 Å². The highest BCUT2D eigenvalue weighted by Gasteiger charge is 2.19. The molecule has 11 heteroatoms. The quantitative estimate of drug-likeness (QED) is 0.558. The minimum Gasteiger partial charge on any atom is -0.262 e. The number of sulfonamides is 1.